The molecule has 3 fully saturated rings. The molecule has 3 aliphatic heterocycles. The molecule has 0 radical (unpaired) electrons. The van der Waals surface area contributed by atoms with E-state index in [4.69, 9.17) is 14.2 Å². The molecule has 5 atom stereocenters. The molecule has 2 aromatic rings. The highest BCUT2D eigenvalue weighted by atomic mass is 32.2. The number of halogens is 3. The molecule has 7 rings (SSSR count). The van der Waals surface area contributed by atoms with Crippen LogP contribution in [0.5, 0.6) is 11.5 Å². The Kier molecular flexibility index (Phi) is 11.4. The third kappa shape index (κ3) is 8.29. The molecule has 2 aliphatic carbocycles. The van der Waals surface area contributed by atoms with Gasteiger partial charge in [0.05, 0.1) is 30.5 Å². The number of rotatable bonds is 7. The first-order chi connectivity index (χ1) is 27.8. The van der Waals surface area contributed by atoms with E-state index < -0.39 is 85.3 Å². The van der Waals surface area contributed by atoms with Crippen molar-refractivity contribution in [3.63, 3.8) is 0 Å². The van der Waals surface area contributed by atoms with Gasteiger partial charge in [0.15, 0.2) is 11.4 Å². The minimum Gasteiger partial charge on any atom is -0.497 e. The number of nitrogens with one attached hydrogen (secondary N) is 3. The first-order valence-corrected chi connectivity index (χ1v) is 21.8. The molecule has 18 heteroatoms. The number of allylic oxidation sites excluding steroid dienone is 1. The van der Waals surface area contributed by atoms with Crippen LogP contribution in [0.4, 0.5) is 18.0 Å². The lowest BCUT2D eigenvalue weighted by molar-refractivity contribution is -0.145. The number of alkyl carbamates (subject to hydrolysis) is 1. The molecule has 1 aromatic heterocycles. The van der Waals surface area contributed by atoms with Crippen molar-refractivity contribution in [2.24, 2.45) is 11.8 Å². The molecule has 2 saturated carbocycles. The molecule has 4 heterocycles. The number of ether oxygens (including phenoxy) is 3. The summed E-state index contributed by atoms with van der Waals surface area (Å²) in [6.07, 6.45) is 1.85. The summed E-state index contributed by atoms with van der Waals surface area (Å²) < 4.78 is 89.1. The number of methoxy groups -OCH3 is 1. The van der Waals surface area contributed by atoms with E-state index in [9.17, 15) is 40.8 Å². The number of alkyl halides is 3. The number of benzene rings is 1. The van der Waals surface area contributed by atoms with Crippen LogP contribution in [0.15, 0.2) is 30.4 Å². The topological polar surface area (TPSA) is 182 Å². The third-order valence-electron chi connectivity index (χ3n) is 12.6. The van der Waals surface area contributed by atoms with E-state index in [1.54, 1.807) is 13.0 Å². The Hall–Kier alpha value is -4.61. The number of aryl methyl sites for hydroxylation is 1. The predicted molar refractivity (Wildman–Crippen MR) is 209 cm³/mol. The number of sulfonamides is 1. The van der Waals surface area contributed by atoms with Gasteiger partial charge in [-0.15, -0.1) is 0 Å². The van der Waals surface area contributed by atoms with Crippen molar-refractivity contribution in [2.45, 2.75) is 132 Å². The van der Waals surface area contributed by atoms with E-state index in [0.29, 0.717) is 56.1 Å². The fourth-order valence-electron chi connectivity index (χ4n) is 8.63. The molecule has 322 valence electrons. The van der Waals surface area contributed by atoms with E-state index in [1.807, 2.05) is 26.0 Å². The van der Waals surface area contributed by atoms with Crippen molar-refractivity contribution in [3.05, 3.63) is 41.6 Å². The number of carbonyl (C=O) groups excluding carboxylic acids is 4. The Morgan fingerprint density at radius 3 is 2.53 bits per heavy atom. The Bertz CT molecular complexity index is 2160. The van der Waals surface area contributed by atoms with Gasteiger partial charge in [-0.1, -0.05) is 38.8 Å². The minimum atomic E-state index is -4.93. The summed E-state index contributed by atoms with van der Waals surface area (Å²) in [6, 6.07) is 1.98. The summed E-state index contributed by atoms with van der Waals surface area (Å²) in [6.45, 7) is 5.00. The quantitative estimate of drug-likeness (QED) is 0.303. The molecule has 5 aliphatic rings. The average molecular weight is 848 g/mol. The van der Waals surface area contributed by atoms with Crippen LogP contribution in [0.25, 0.3) is 10.9 Å². The molecule has 14 nitrogen and oxygen atoms in total. The fourth-order valence-corrected chi connectivity index (χ4v) is 9.94. The Labute approximate surface area is 341 Å². The second-order valence-electron chi connectivity index (χ2n) is 17.4. The van der Waals surface area contributed by atoms with Crippen LogP contribution in [-0.4, -0.2) is 90.3 Å². The van der Waals surface area contributed by atoms with E-state index >= 15 is 0 Å². The largest absolute Gasteiger partial charge is 0.497 e. The average Bonchev–Trinajstić information content (AvgIpc) is 3.84. The van der Waals surface area contributed by atoms with Crippen LogP contribution in [0.2, 0.25) is 0 Å². The molecule has 59 heavy (non-hydrogen) atoms. The number of carbonyl (C=O) groups is 4. The third-order valence-corrected chi connectivity index (χ3v) is 14.7. The zero-order valence-corrected chi connectivity index (χ0v) is 34.5. The maximum absolute atomic E-state index is 14.8. The summed E-state index contributed by atoms with van der Waals surface area (Å²) in [5.74, 6) is -3.04. The van der Waals surface area contributed by atoms with Crippen LogP contribution < -0.4 is 24.8 Å². The van der Waals surface area contributed by atoms with Gasteiger partial charge in [-0.2, -0.15) is 13.2 Å². The molecule has 3 N–H and O–H groups in total. The zero-order valence-electron chi connectivity index (χ0n) is 33.7. The Morgan fingerprint density at radius 1 is 1.10 bits per heavy atom. The molecular weight excluding hydrogens is 796 g/mol. The summed E-state index contributed by atoms with van der Waals surface area (Å²) in [5, 5.41) is 5.92. The summed E-state index contributed by atoms with van der Waals surface area (Å²) in [5.41, 5.74) is -4.12. The number of pyridine rings is 1. The van der Waals surface area contributed by atoms with Gasteiger partial charge in [-0.05, 0) is 88.8 Å². The van der Waals surface area contributed by atoms with Gasteiger partial charge in [-0.25, -0.2) is 18.2 Å². The van der Waals surface area contributed by atoms with Crippen LogP contribution in [0, 0.1) is 11.8 Å². The van der Waals surface area contributed by atoms with E-state index in [0.717, 1.165) is 0 Å². The normalized spacial score (nSPS) is 28.2. The smallest absolute Gasteiger partial charge is 0.437 e. The highest BCUT2D eigenvalue weighted by Gasteiger charge is 2.60. The fraction of sp³-hybridized carbons (Fsp3) is 0.634. The van der Waals surface area contributed by atoms with Gasteiger partial charge >= 0.3 is 12.3 Å². The first-order valence-electron chi connectivity index (χ1n) is 20.4. The van der Waals surface area contributed by atoms with Gasteiger partial charge in [-0.3, -0.25) is 19.1 Å². The molecule has 0 bridgehead atoms. The van der Waals surface area contributed by atoms with E-state index in [-0.39, 0.29) is 62.3 Å². The van der Waals surface area contributed by atoms with Crippen molar-refractivity contribution >= 4 is 44.7 Å². The van der Waals surface area contributed by atoms with Crippen molar-refractivity contribution < 1.29 is 55.0 Å². The van der Waals surface area contributed by atoms with Crippen LogP contribution in [-0.2, 0) is 41.7 Å². The standard InChI is InChI=1S/C41H52F3N5O9S/c1-24(2)22-57-37(53)46-30-11-9-7-5-6-8-10-25-14-17-40(25,36(52)48-59(54,55)38(3)18-19-38)47-34(50)31-21-39(23-49(31)35(30)51)16-15-27-28-20-26(56-4)12-13-29(28)45-33(32(27)58-39)41(42,43)44/h8,10,12-13,20,24-25,30-31H,5-7,9,11,14-19,21-23H2,1-4H3,(H,46,53)(H,47,50)(H,48,52). The van der Waals surface area contributed by atoms with Crippen molar-refractivity contribution in [1.29, 1.82) is 0 Å². The maximum atomic E-state index is 14.8. The molecule has 1 aromatic carbocycles. The lowest BCUT2D eigenvalue weighted by Gasteiger charge is -2.48. The Morgan fingerprint density at radius 2 is 1.86 bits per heavy atom. The second kappa shape index (κ2) is 15.8. The highest BCUT2D eigenvalue weighted by molar-refractivity contribution is 7.91. The van der Waals surface area contributed by atoms with Crippen molar-refractivity contribution in [3.8, 4) is 11.5 Å². The zero-order chi connectivity index (χ0) is 42.5. The van der Waals surface area contributed by atoms with Crippen LogP contribution >= 0.6 is 0 Å². The van der Waals surface area contributed by atoms with Gasteiger partial charge in [0.25, 0.3) is 5.91 Å². The van der Waals surface area contributed by atoms with Gasteiger partial charge in [0.1, 0.15) is 29.0 Å². The van der Waals surface area contributed by atoms with E-state index in [1.165, 1.54) is 24.1 Å². The van der Waals surface area contributed by atoms with Crippen LogP contribution in [0.1, 0.15) is 103 Å². The van der Waals surface area contributed by atoms with Crippen molar-refractivity contribution in [1.82, 2.24) is 25.2 Å². The van der Waals surface area contributed by atoms with Gasteiger partial charge in [0.2, 0.25) is 21.8 Å². The van der Waals surface area contributed by atoms with Gasteiger partial charge < -0.3 is 29.7 Å². The maximum Gasteiger partial charge on any atom is 0.437 e. The number of nitrogens with zero attached hydrogens (tertiary/aromatic N) is 2. The number of fused-ring (bicyclic) bond motifs is 5. The number of aromatic nitrogens is 1. The predicted octanol–water partition coefficient (Wildman–Crippen LogP) is 5.46. The second-order valence-corrected chi connectivity index (χ2v) is 19.6. The number of amides is 4. The van der Waals surface area contributed by atoms with E-state index in [2.05, 4.69) is 20.3 Å². The monoisotopic (exact) mass is 847 g/mol. The SMILES string of the molecule is COc1ccc2nc(C(F)(F)F)c3c(c2c1)CCC1(CC2C(=O)NC4(C(=O)NS(=O)(=O)C5(C)CC5)CCC4C=CCCCCCC(NC(=O)OCC(C)C)C(=O)N2C1)O3. The number of hydrogen-bond acceptors (Lipinski definition) is 10. The lowest BCUT2D eigenvalue weighted by atomic mass is 9.65. The number of hydrogen-bond donors (Lipinski definition) is 3. The molecular formula is C41H52F3N5O9S. The van der Waals surface area contributed by atoms with Crippen molar-refractivity contribution in [2.75, 3.05) is 20.3 Å². The lowest BCUT2D eigenvalue weighted by Crippen LogP contribution is -2.70. The summed E-state index contributed by atoms with van der Waals surface area (Å²) >= 11 is 0. The van der Waals surface area contributed by atoms with Crippen LogP contribution in [0.3, 0.4) is 0 Å². The first kappa shape index (κ1) is 42.5. The summed E-state index contributed by atoms with van der Waals surface area (Å²) in [7, 11) is -2.67. The molecule has 5 unspecified atom stereocenters. The van der Waals surface area contributed by atoms with Gasteiger partial charge in [0, 0.05) is 23.3 Å². The molecule has 4 amide bonds. The molecule has 1 spiro atoms. The molecule has 1 saturated heterocycles. The highest BCUT2D eigenvalue weighted by Crippen LogP contribution is 2.49. The Balaban J connectivity index is 1.28. The summed E-state index contributed by atoms with van der Waals surface area (Å²) in [4.78, 5) is 61.9. The minimum absolute atomic E-state index is 0.00606.